The van der Waals surface area contributed by atoms with Crippen molar-refractivity contribution in [3.63, 3.8) is 0 Å². The second-order valence-corrected chi connectivity index (χ2v) is 4.96. The predicted octanol–water partition coefficient (Wildman–Crippen LogP) is 1.98. The van der Waals surface area contributed by atoms with Gasteiger partial charge >= 0.3 is 0 Å². The second kappa shape index (κ2) is 4.22. The van der Waals surface area contributed by atoms with E-state index in [1.165, 1.54) is 17.5 Å². The number of halogens is 1. The number of nitrogen functional groups attached to an aromatic ring is 1. The predicted molar refractivity (Wildman–Crippen MR) is 61.0 cm³/mol. The lowest BCUT2D eigenvalue weighted by molar-refractivity contribution is 0.180. The Kier molecular flexibility index (Phi) is 2.95. The van der Waals surface area contributed by atoms with Gasteiger partial charge in [-0.1, -0.05) is 11.6 Å². The molecule has 0 aliphatic rings. The highest BCUT2D eigenvalue weighted by molar-refractivity contribution is 7.16. The molecule has 2 rings (SSSR count). The minimum absolute atomic E-state index is 0.408. The van der Waals surface area contributed by atoms with E-state index in [1.54, 1.807) is 0 Å². The number of H-pyrrole nitrogens is 1. The molecule has 0 fully saturated rings. The number of rotatable bonds is 3. The molecule has 0 radical (unpaired) electrons. The van der Waals surface area contributed by atoms with Crippen LogP contribution in [0.1, 0.15) is 16.5 Å². The molecule has 4 N–H and O–H groups in total. The molecule has 1 atom stereocenters. The Morgan fingerprint density at radius 1 is 1.60 bits per heavy atom. The summed E-state index contributed by atoms with van der Waals surface area (Å²) in [6, 6.07) is 3.71. The molecule has 0 saturated carbocycles. The largest absolute Gasteiger partial charge is 0.388 e. The van der Waals surface area contributed by atoms with Gasteiger partial charge in [0.05, 0.1) is 16.6 Å². The maximum absolute atomic E-state index is 9.88. The minimum Gasteiger partial charge on any atom is -0.388 e. The SMILES string of the molecule is Nc1[nH]ncc1C(O)Cc1ccc(Cl)s1. The molecule has 0 aliphatic carbocycles. The summed E-state index contributed by atoms with van der Waals surface area (Å²) in [4.78, 5) is 1.02. The van der Waals surface area contributed by atoms with Gasteiger partial charge in [-0.3, -0.25) is 5.10 Å². The van der Waals surface area contributed by atoms with Gasteiger partial charge in [0.15, 0.2) is 0 Å². The molecule has 4 nitrogen and oxygen atoms in total. The number of thiophene rings is 1. The number of hydrogen-bond acceptors (Lipinski definition) is 4. The van der Waals surface area contributed by atoms with Crippen molar-refractivity contribution in [3.8, 4) is 0 Å². The summed E-state index contributed by atoms with van der Waals surface area (Å²) < 4.78 is 0.720. The van der Waals surface area contributed by atoms with Crippen molar-refractivity contribution in [1.29, 1.82) is 0 Å². The highest BCUT2D eigenvalue weighted by Gasteiger charge is 2.14. The number of anilines is 1. The number of nitrogens with two attached hydrogens (primary N) is 1. The van der Waals surface area contributed by atoms with Crippen molar-refractivity contribution < 1.29 is 5.11 Å². The van der Waals surface area contributed by atoms with Gasteiger partial charge in [0, 0.05) is 16.9 Å². The van der Waals surface area contributed by atoms with E-state index >= 15 is 0 Å². The van der Waals surface area contributed by atoms with Crippen LogP contribution in [-0.4, -0.2) is 15.3 Å². The van der Waals surface area contributed by atoms with Gasteiger partial charge in [-0.2, -0.15) is 5.10 Å². The molecule has 0 amide bonds. The number of aromatic amines is 1. The van der Waals surface area contributed by atoms with Gasteiger partial charge in [-0.05, 0) is 12.1 Å². The first kappa shape index (κ1) is 10.5. The molecule has 80 valence electrons. The molecular formula is C9H10ClN3OS. The lowest BCUT2D eigenvalue weighted by Gasteiger charge is -2.07. The Bertz CT molecular complexity index is 454. The number of aliphatic hydroxyl groups is 1. The number of aromatic nitrogens is 2. The number of nitrogens with zero attached hydrogens (tertiary/aromatic N) is 1. The zero-order chi connectivity index (χ0) is 10.8. The van der Waals surface area contributed by atoms with Crippen molar-refractivity contribution in [2.75, 3.05) is 5.73 Å². The summed E-state index contributed by atoms with van der Waals surface area (Å²) in [5, 5.41) is 16.2. The summed E-state index contributed by atoms with van der Waals surface area (Å²) in [7, 11) is 0. The standard InChI is InChI=1S/C9H10ClN3OS/c10-8-2-1-5(15-8)3-7(14)6-4-12-13-9(6)11/h1-2,4,7,14H,3H2,(H3,11,12,13). The number of nitrogens with one attached hydrogen (secondary N) is 1. The third kappa shape index (κ3) is 2.31. The summed E-state index contributed by atoms with van der Waals surface area (Å²) in [6.45, 7) is 0. The Morgan fingerprint density at radius 3 is 2.93 bits per heavy atom. The van der Waals surface area contributed by atoms with E-state index in [2.05, 4.69) is 10.2 Å². The van der Waals surface area contributed by atoms with Crippen LogP contribution < -0.4 is 5.73 Å². The zero-order valence-corrected chi connectivity index (χ0v) is 9.35. The first-order valence-electron chi connectivity index (χ1n) is 4.38. The smallest absolute Gasteiger partial charge is 0.124 e. The highest BCUT2D eigenvalue weighted by atomic mass is 35.5. The average Bonchev–Trinajstić information content (AvgIpc) is 2.75. The van der Waals surface area contributed by atoms with Crippen LogP contribution in [0.4, 0.5) is 5.82 Å². The van der Waals surface area contributed by atoms with Crippen LogP contribution >= 0.6 is 22.9 Å². The van der Waals surface area contributed by atoms with Crippen LogP contribution in [0.3, 0.4) is 0 Å². The van der Waals surface area contributed by atoms with E-state index in [0.717, 1.165) is 9.21 Å². The Hall–Kier alpha value is -1.04. The molecule has 0 spiro atoms. The van der Waals surface area contributed by atoms with Gasteiger partial charge in [0.2, 0.25) is 0 Å². The molecule has 0 saturated heterocycles. The lowest BCUT2D eigenvalue weighted by atomic mass is 10.1. The molecule has 6 heteroatoms. The fourth-order valence-electron chi connectivity index (χ4n) is 1.33. The van der Waals surface area contributed by atoms with Gasteiger partial charge < -0.3 is 10.8 Å². The molecule has 1 unspecified atom stereocenters. The maximum Gasteiger partial charge on any atom is 0.124 e. The van der Waals surface area contributed by atoms with E-state index in [4.69, 9.17) is 17.3 Å². The van der Waals surface area contributed by atoms with Crippen molar-refractivity contribution >= 4 is 28.8 Å². The van der Waals surface area contributed by atoms with Crippen LogP contribution in [0, 0.1) is 0 Å². The fraction of sp³-hybridized carbons (Fsp3) is 0.222. The summed E-state index contributed by atoms with van der Waals surface area (Å²) in [5.41, 5.74) is 6.22. The van der Waals surface area contributed by atoms with Crippen LogP contribution in [-0.2, 0) is 6.42 Å². The molecule has 0 bridgehead atoms. The Morgan fingerprint density at radius 2 is 2.40 bits per heavy atom. The van der Waals surface area contributed by atoms with Crippen LogP contribution in [0.25, 0.3) is 0 Å². The summed E-state index contributed by atoms with van der Waals surface area (Å²) >= 11 is 7.25. The number of aliphatic hydroxyl groups excluding tert-OH is 1. The second-order valence-electron chi connectivity index (χ2n) is 3.16. The fourth-order valence-corrected chi connectivity index (χ4v) is 2.46. The summed E-state index contributed by atoms with van der Waals surface area (Å²) in [5.74, 6) is 0.408. The van der Waals surface area contributed by atoms with Crippen molar-refractivity contribution in [1.82, 2.24) is 10.2 Å². The monoisotopic (exact) mass is 243 g/mol. The van der Waals surface area contributed by atoms with Gasteiger partial charge in [0.25, 0.3) is 0 Å². The number of hydrogen-bond donors (Lipinski definition) is 3. The van der Waals surface area contributed by atoms with Gasteiger partial charge in [-0.25, -0.2) is 0 Å². The molecule has 0 aromatic carbocycles. The molecule has 2 aromatic rings. The highest BCUT2D eigenvalue weighted by Crippen LogP contribution is 2.27. The topological polar surface area (TPSA) is 74.9 Å². The third-order valence-electron chi connectivity index (χ3n) is 2.08. The van der Waals surface area contributed by atoms with Crippen molar-refractivity contribution in [2.45, 2.75) is 12.5 Å². The molecular weight excluding hydrogens is 234 g/mol. The third-order valence-corrected chi connectivity index (χ3v) is 3.34. The van der Waals surface area contributed by atoms with E-state index in [9.17, 15) is 5.11 Å². The Labute approximate surface area is 95.7 Å². The van der Waals surface area contributed by atoms with Crippen LogP contribution in [0.2, 0.25) is 4.34 Å². The molecule has 15 heavy (non-hydrogen) atoms. The van der Waals surface area contributed by atoms with Gasteiger partial charge in [-0.15, -0.1) is 11.3 Å². The quantitative estimate of drug-likeness (QED) is 0.772. The van der Waals surface area contributed by atoms with Crippen molar-refractivity contribution in [2.24, 2.45) is 0 Å². The molecule has 2 heterocycles. The molecule has 2 aromatic heterocycles. The lowest BCUT2D eigenvalue weighted by Crippen LogP contribution is -2.02. The van der Waals surface area contributed by atoms with Crippen LogP contribution in [0.5, 0.6) is 0 Å². The normalized spacial score (nSPS) is 12.9. The first-order chi connectivity index (χ1) is 7.16. The average molecular weight is 244 g/mol. The van der Waals surface area contributed by atoms with E-state index < -0.39 is 6.10 Å². The van der Waals surface area contributed by atoms with Gasteiger partial charge in [0.1, 0.15) is 5.82 Å². The van der Waals surface area contributed by atoms with Crippen LogP contribution in [0.15, 0.2) is 18.3 Å². The van der Waals surface area contributed by atoms with Crippen molar-refractivity contribution in [3.05, 3.63) is 33.1 Å². The van der Waals surface area contributed by atoms with E-state index in [1.807, 2.05) is 12.1 Å². The zero-order valence-electron chi connectivity index (χ0n) is 7.77. The maximum atomic E-state index is 9.88. The summed E-state index contributed by atoms with van der Waals surface area (Å²) in [6.07, 6.45) is 1.40. The van der Waals surface area contributed by atoms with E-state index in [0.29, 0.717) is 17.8 Å². The minimum atomic E-state index is -0.640. The Balaban J connectivity index is 2.10. The molecule has 0 aliphatic heterocycles. The first-order valence-corrected chi connectivity index (χ1v) is 5.57. The van der Waals surface area contributed by atoms with E-state index in [-0.39, 0.29) is 0 Å².